The smallest absolute Gasteiger partial charge is 0.171 e. The summed E-state index contributed by atoms with van der Waals surface area (Å²) in [5.74, 6) is 1.74. The fourth-order valence-electron chi connectivity index (χ4n) is 1.97. The Morgan fingerprint density at radius 2 is 2.28 bits per heavy atom. The molecule has 0 heterocycles. The lowest BCUT2D eigenvalue weighted by Crippen LogP contribution is -2.15. The van der Waals surface area contributed by atoms with E-state index in [4.69, 9.17) is 15.7 Å². The zero-order chi connectivity index (χ0) is 13.0. The normalized spacial score (nSPS) is 16.4. The van der Waals surface area contributed by atoms with Crippen LogP contribution in [0.3, 0.4) is 0 Å². The average Bonchev–Trinajstić information content (AvgIpc) is 2.31. The van der Waals surface area contributed by atoms with Gasteiger partial charge in [0.1, 0.15) is 5.75 Å². The number of nitrogens with zero attached hydrogens (tertiary/aromatic N) is 1. The second kappa shape index (κ2) is 6.09. The van der Waals surface area contributed by atoms with E-state index >= 15 is 0 Å². The molecule has 0 spiro atoms. The van der Waals surface area contributed by atoms with Gasteiger partial charge in [-0.15, -0.1) is 0 Å². The maximum atomic E-state index is 8.63. The van der Waals surface area contributed by atoms with Crippen molar-refractivity contribution in [2.24, 2.45) is 16.8 Å². The van der Waals surface area contributed by atoms with Gasteiger partial charge in [-0.2, -0.15) is 0 Å². The van der Waals surface area contributed by atoms with Crippen molar-refractivity contribution in [1.82, 2.24) is 0 Å². The first-order chi connectivity index (χ1) is 8.70. The molecule has 0 radical (unpaired) electrons. The molecule has 3 N–H and O–H groups in total. The van der Waals surface area contributed by atoms with Crippen molar-refractivity contribution in [3.8, 4) is 5.75 Å². The van der Waals surface area contributed by atoms with Crippen LogP contribution in [0, 0.1) is 5.92 Å². The van der Waals surface area contributed by atoms with Gasteiger partial charge in [0.25, 0.3) is 0 Å². The molecule has 1 aromatic carbocycles. The lowest BCUT2D eigenvalue weighted by molar-refractivity contribution is 0.222. The zero-order valence-electron chi connectivity index (χ0n) is 10.1. The van der Waals surface area contributed by atoms with Gasteiger partial charge < -0.3 is 15.7 Å². The first-order valence-corrected chi connectivity index (χ1v) is 6.90. The van der Waals surface area contributed by atoms with Gasteiger partial charge in [-0.3, -0.25) is 0 Å². The van der Waals surface area contributed by atoms with Crippen LogP contribution < -0.4 is 10.5 Å². The second-order valence-corrected chi connectivity index (χ2v) is 5.42. The number of amidine groups is 1. The van der Waals surface area contributed by atoms with Gasteiger partial charge in [0.2, 0.25) is 0 Å². The summed E-state index contributed by atoms with van der Waals surface area (Å²) in [6, 6.07) is 5.45. The zero-order valence-corrected chi connectivity index (χ0v) is 11.7. The third-order valence-electron chi connectivity index (χ3n) is 3.34. The van der Waals surface area contributed by atoms with Crippen molar-refractivity contribution in [1.29, 1.82) is 0 Å². The topological polar surface area (TPSA) is 67.8 Å². The number of nitrogens with two attached hydrogens (primary N) is 1. The van der Waals surface area contributed by atoms with E-state index in [0.717, 1.165) is 29.2 Å². The average molecular weight is 313 g/mol. The summed E-state index contributed by atoms with van der Waals surface area (Å²) in [5.41, 5.74) is 6.20. The molecule has 1 fully saturated rings. The van der Waals surface area contributed by atoms with Gasteiger partial charge in [0, 0.05) is 10.0 Å². The highest BCUT2D eigenvalue weighted by atomic mass is 79.9. The molecule has 98 valence electrons. The Labute approximate surface area is 115 Å². The van der Waals surface area contributed by atoms with Crippen molar-refractivity contribution in [2.45, 2.75) is 25.7 Å². The fourth-order valence-corrected chi connectivity index (χ4v) is 2.53. The Morgan fingerprint density at radius 3 is 2.83 bits per heavy atom. The van der Waals surface area contributed by atoms with Crippen LogP contribution >= 0.6 is 15.9 Å². The molecule has 0 amide bonds. The number of benzene rings is 1. The van der Waals surface area contributed by atoms with Crippen molar-refractivity contribution >= 4 is 21.8 Å². The van der Waals surface area contributed by atoms with Crippen molar-refractivity contribution in [3.63, 3.8) is 0 Å². The Kier molecular flexibility index (Phi) is 4.47. The molecule has 0 atom stereocenters. The van der Waals surface area contributed by atoms with E-state index in [0.29, 0.717) is 5.56 Å². The summed E-state index contributed by atoms with van der Waals surface area (Å²) in [6.45, 7) is 0.750. The van der Waals surface area contributed by atoms with Crippen LogP contribution in [0.4, 0.5) is 0 Å². The largest absolute Gasteiger partial charge is 0.494 e. The minimum absolute atomic E-state index is 0.0860. The van der Waals surface area contributed by atoms with Gasteiger partial charge in [0.05, 0.1) is 6.61 Å². The van der Waals surface area contributed by atoms with Crippen LogP contribution in [0.2, 0.25) is 0 Å². The van der Waals surface area contributed by atoms with Crippen LogP contribution in [-0.4, -0.2) is 17.6 Å². The first kappa shape index (κ1) is 13.2. The Balaban J connectivity index is 1.91. The van der Waals surface area contributed by atoms with Crippen LogP contribution in [0.25, 0.3) is 0 Å². The number of rotatable bonds is 5. The minimum atomic E-state index is 0.0860. The molecule has 18 heavy (non-hydrogen) atoms. The summed E-state index contributed by atoms with van der Waals surface area (Å²) in [6.07, 6.45) is 5.18. The highest BCUT2D eigenvalue weighted by Gasteiger charge is 2.16. The van der Waals surface area contributed by atoms with Gasteiger partial charge in [0.15, 0.2) is 5.84 Å². The second-order valence-electron chi connectivity index (χ2n) is 4.56. The molecule has 5 heteroatoms. The van der Waals surface area contributed by atoms with Crippen LogP contribution in [0.5, 0.6) is 5.75 Å². The summed E-state index contributed by atoms with van der Waals surface area (Å²) < 4.78 is 6.45. The highest BCUT2D eigenvalue weighted by Crippen LogP contribution is 2.29. The monoisotopic (exact) mass is 312 g/mol. The van der Waals surface area contributed by atoms with E-state index in [9.17, 15) is 0 Å². The van der Waals surface area contributed by atoms with E-state index in [2.05, 4.69) is 21.1 Å². The Morgan fingerprint density at radius 1 is 1.50 bits per heavy atom. The molecule has 4 nitrogen and oxygen atoms in total. The third-order valence-corrected chi connectivity index (χ3v) is 4.00. The summed E-state index contributed by atoms with van der Waals surface area (Å²) >= 11 is 3.38. The molecule has 0 bridgehead atoms. The number of oxime groups is 1. The SMILES string of the molecule is N/C(=N/O)c1ccc(OCCC2CCC2)cc1Br. The van der Waals surface area contributed by atoms with Gasteiger partial charge >= 0.3 is 0 Å². The summed E-state index contributed by atoms with van der Waals surface area (Å²) in [4.78, 5) is 0. The maximum absolute atomic E-state index is 8.63. The number of hydrogen-bond donors (Lipinski definition) is 2. The standard InChI is InChI=1S/C13H17BrN2O2/c14-12-8-10(4-5-11(12)13(15)16-17)18-7-6-9-2-1-3-9/h4-5,8-9,17H,1-3,6-7H2,(H2,15,16). The lowest BCUT2D eigenvalue weighted by atomic mass is 9.83. The van der Waals surface area contributed by atoms with E-state index in [1.807, 2.05) is 12.1 Å². The molecule has 0 unspecified atom stereocenters. The van der Waals surface area contributed by atoms with Crippen LogP contribution in [0.15, 0.2) is 27.8 Å². The third kappa shape index (κ3) is 3.16. The molecule has 0 aromatic heterocycles. The molecule has 1 aromatic rings. The van der Waals surface area contributed by atoms with Crippen molar-refractivity contribution < 1.29 is 9.94 Å². The van der Waals surface area contributed by atoms with E-state index in [-0.39, 0.29) is 5.84 Å². The minimum Gasteiger partial charge on any atom is -0.494 e. The summed E-state index contributed by atoms with van der Waals surface area (Å²) in [7, 11) is 0. The van der Waals surface area contributed by atoms with Gasteiger partial charge in [-0.25, -0.2) is 0 Å². The molecule has 1 saturated carbocycles. The molecule has 2 rings (SSSR count). The highest BCUT2D eigenvalue weighted by molar-refractivity contribution is 9.10. The molecule has 0 saturated heterocycles. The Hall–Kier alpha value is -1.23. The van der Waals surface area contributed by atoms with Crippen LogP contribution in [-0.2, 0) is 0 Å². The number of hydrogen-bond acceptors (Lipinski definition) is 3. The lowest BCUT2D eigenvalue weighted by Gasteiger charge is -2.25. The Bertz CT molecular complexity index is 445. The first-order valence-electron chi connectivity index (χ1n) is 6.11. The predicted molar refractivity (Wildman–Crippen MR) is 74.1 cm³/mol. The molecule has 1 aliphatic rings. The molecule has 0 aliphatic heterocycles. The fraction of sp³-hybridized carbons (Fsp3) is 0.462. The maximum Gasteiger partial charge on any atom is 0.171 e. The van der Waals surface area contributed by atoms with E-state index < -0.39 is 0 Å². The summed E-state index contributed by atoms with van der Waals surface area (Å²) in [5, 5.41) is 11.6. The molecular weight excluding hydrogens is 296 g/mol. The molecular formula is C13H17BrN2O2. The van der Waals surface area contributed by atoms with E-state index in [1.54, 1.807) is 6.07 Å². The van der Waals surface area contributed by atoms with E-state index in [1.165, 1.54) is 19.3 Å². The molecule has 1 aliphatic carbocycles. The quantitative estimate of drug-likeness (QED) is 0.380. The van der Waals surface area contributed by atoms with Crippen molar-refractivity contribution in [2.75, 3.05) is 6.61 Å². The van der Waals surface area contributed by atoms with Crippen molar-refractivity contribution in [3.05, 3.63) is 28.2 Å². The van der Waals surface area contributed by atoms with Gasteiger partial charge in [-0.05, 0) is 46.5 Å². The number of halogens is 1. The number of ether oxygens (including phenoxy) is 1. The predicted octanol–water partition coefficient (Wildman–Crippen LogP) is 3.11. The van der Waals surface area contributed by atoms with Crippen LogP contribution in [0.1, 0.15) is 31.2 Å². The van der Waals surface area contributed by atoms with Gasteiger partial charge in [-0.1, -0.05) is 24.4 Å².